The zero-order valence-corrected chi connectivity index (χ0v) is 12.9. The number of hydrogen-bond donors (Lipinski definition) is 1. The first-order valence-electron chi connectivity index (χ1n) is 7.49. The molecule has 22 heavy (non-hydrogen) atoms. The molecule has 1 aliphatic rings. The lowest BCUT2D eigenvalue weighted by molar-refractivity contribution is -0.117. The zero-order chi connectivity index (χ0) is 16.1. The number of carbonyl (C=O) groups excluding carboxylic acids is 1. The van der Waals surface area contributed by atoms with Crippen LogP contribution in [0.25, 0.3) is 0 Å². The molecular formula is C16H22F2N2O2. The minimum atomic E-state index is -2.84. The number of rotatable bonds is 5. The molecule has 2 rings (SSSR count). The van der Waals surface area contributed by atoms with Crippen molar-refractivity contribution in [1.29, 1.82) is 0 Å². The van der Waals surface area contributed by atoms with E-state index in [1.165, 1.54) is 18.6 Å². The largest absolute Gasteiger partial charge is 0.435 e. The van der Waals surface area contributed by atoms with E-state index in [-0.39, 0.29) is 11.7 Å². The van der Waals surface area contributed by atoms with E-state index in [0.29, 0.717) is 24.1 Å². The van der Waals surface area contributed by atoms with Crippen molar-refractivity contribution < 1.29 is 18.3 Å². The molecule has 0 saturated carbocycles. The van der Waals surface area contributed by atoms with Gasteiger partial charge in [0.25, 0.3) is 0 Å². The van der Waals surface area contributed by atoms with E-state index in [4.69, 9.17) is 0 Å². The fraction of sp³-hybridized carbons (Fsp3) is 0.562. The number of anilines is 1. The molecule has 1 heterocycles. The molecule has 1 aromatic carbocycles. The van der Waals surface area contributed by atoms with Gasteiger partial charge in [0.2, 0.25) is 5.91 Å². The van der Waals surface area contributed by atoms with Gasteiger partial charge >= 0.3 is 6.61 Å². The van der Waals surface area contributed by atoms with Crippen molar-refractivity contribution in [2.75, 3.05) is 25.0 Å². The number of benzene rings is 1. The predicted octanol–water partition coefficient (Wildman–Crippen LogP) is 3.20. The van der Waals surface area contributed by atoms with Crippen LogP contribution in [-0.4, -0.2) is 37.1 Å². The molecule has 1 saturated heterocycles. The zero-order valence-electron chi connectivity index (χ0n) is 12.9. The van der Waals surface area contributed by atoms with Gasteiger partial charge in [0.05, 0.1) is 6.54 Å². The Labute approximate surface area is 129 Å². The molecule has 1 amide bonds. The molecule has 1 N–H and O–H groups in total. The summed E-state index contributed by atoms with van der Waals surface area (Å²) in [6.07, 6.45) is 1.20. The molecule has 0 bridgehead atoms. The van der Waals surface area contributed by atoms with Crippen LogP contribution in [0.1, 0.15) is 20.3 Å². The molecule has 0 aromatic heterocycles. The Hall–Kier alpha value is -1.69. The summed E-state index contributed by atoms with van der Waals surface area (Å²) in [5, 5.41) is 2.78. The molecule has 1 fully saturated rings. The number of piperidine rings is 1. The van der Waals surface area contributed by atoms with Crippen molar-refractivity contribution >= 4 is 11.6 Å². The molecule has 2 atom stereocenters. The molecule has 6 heteroatoms. The number of ether oxygens (including phenoxy) is 1. The highest BCUT2D eigenvalue weighted by Crippen LogP contribution is 2.21. The summed E-state index contributed by atoms with van der Waals surface area (Å²) in [4.78, 5) is 14.2. The minimum Gasteiger partial charge on any atom is -0.435 e. The van der Waals surface area contributed by atoms with Crippen LogP contribution in [-0.2, 0) is 4.79 Å². The minimum absolute atomic E-state index is 0.0756. The maximum atomic E-state index is 12.1. The summed E-state index contributed by atoms with van der Waals surface area (Å²) in [5.41, 5.74) is 0.574. The second-order valence-electron chi connectivity index (χ2n) is 6.09. The first kappa shape index (κ1) is 16.7. The third-order valence-corrected chi connectivity index (χ3v) is 3.67. The normalized spacial score (nSPS) is 22.6. The summed E-state index contributed by atoms with van der Waals surface area (Å²) in [6.45, 7) is 3.76. The van der Waals surface area contributed by atoms with Crippen LogP contribution in [0.3, 0.4) is 0 Å². The number of nitrogens with one attached hydrogen (secondary N) is 1. The highest BCUT2D eigenvalue weighted by atomic mass is 19.3. The predicted molar refractivity (Wildman–Crippen MR) is 81.1 cm³/mol. The smallest absolute Gasteiger partial charge is 0.387 e. The van der Waals surface area contributed by atoms with Crippen LogP contribution in [0.4, 0.5) is 14.5 Å². The van der Waals surface area contributed by atoms with E-state index in [1.807, 2.05) is 0 Å². The van der Waals surface area contributed by atoms with Gasteiger partial charge in [-0.3, -0.25) is 9.69 Å². The van der Waals surface area contributed by atoms with Crippen molar-refractivity contribution in [3.05, 3.63) is 24.3 Å². The Kier molecular flexibility index (Phi) is 5.71. The van der Waals surface area contributed by atoms with E-state index in [1.54, 1.807) is 12.1 Å². The SMILES string of the molecule is CC1CC(C)CN(CC(=O)Nc2ccc(OC(F)F)cc2)C1. The highest BCUT2D eigenvalue weighted by Gasteiger charge is 2.23. The van der Waals surface area contributed by atoms with Crippen molar-refractivity contribution in [3.63, 3.8) is 0 Å². The molecule has 0 spiro atoms. The number of hydrogen-bond acceptors (Lipinski definition) is 3. The molecule has 1 aromatic rings. The number of carbonyl (C=O) groups is 1. The van der Waals surface area contributed by atoms with Crippen LogP contribution in [0.5, 0.6) is 5.75 Å². The van der Waals surface area contributed by atoms with E-state index < -0.39 is 6.61 Å². The maximum Gasteiger partial charge on any atom is 0.387 e. The number of nitrogens with zero attached hydrogens (tertiary/aromatic N) is 1. The van der Waals surface area contributed by atoms with Gasteiger partial charge in [0.15, 0.2) is 0 Å². The first-order chi connectivity index (χ1) is 10.4. The Morgan fingerprint density at radius 3 is 2.41 bits per heavy atom. The average molecular weight is 312 g/mol. The summed E-state index contributed by atoms with van der Waals surface area (Å²) >= 11 is 0. The Morgan fingerprint density at radius 1 is 1.27 bits per heavy atom. The van der Waals surface area contributed by atoms with Crippen LogP contribution in [0.2, 0.25) is 0 Å². The lowest BCUT2D eigenvalue weighted by Gasteiger charge is -2.34. The van der Waals surface area contributed by atoms with Crippen LogP contribution >= 0.6 is 0 Å². The topological polar surface area (TPSA) is 41.6 Å². The highest BCUT2D eigenvalue weighted by molar-refractivity contribution is 5.92. The Bertz CT molecular complexity index is 483. The fourth-order valence-corrected chi connectivity index (χ4v) is 3.04. The van der Waals surface area contributed by atoms with E-state index in [9.17, 15) is 13.6 Å². The van der Waals surface area contributed by atoms with Crippen molar-refractivity contribution in [3.8, 4) is 5.75 Å². The van der Waals surface area contributed by atoms with Gasteiger partial charge in [-0.1, -0.05) is 13.8 Å². The molecule has 0 radical (unpaired) electrons. The molecule has 1 aliphatic heterocycles. The first-order valence-corrected chi connectivity index (χ1v) is 7.49. The summed E-state index contributed by atoms with van der Waals surface area (Å²) < 4.78 is 28.4. The molecule has 2 unspecified atom stereocenters. The number of alkyl halides is 2. The van der Waals surface area contributed by atoms with Gasteiger partial charge in [-0.2, -0.15) is 8.78 Å². The van der Waals surface area contributed by atoms with Crippen molar-refractivity contribution in [2.45, 2.75) is 26.9 Å². The maximum absolute atomic E-state index is 12.1. The summed E-state index contributed by atoms with van der Waals surface area (Å²) in [5.74, 6) is 1.18. The number of amides is 1. The molecular weight excluding hydrogens is 290 g/mol. The van der Waals surface area contributed by atoms with Crippen molar-refractivity contribution in [1.82, 2.24) is 4.90 Å². The second kappa shape index (κ2) is 7.54. The monoisotopic (exact) mass is 312 g/mol. The van der Waals surface area contributed by atoms with E-state index in [2.05, 4.69) is 28.8 Å². The van der Waals surface area contributed by atoms with Gasteiger partial charge in [-0.25, -0.2) is 0 Å². The standard InChI is InChI=1S/C16H22F2N2O2/c1-11-7-12(2)9-20(8-11)10-15(21)19-13-3-5-14(6-4-13)22-16(17)18/h3-6,11-12,16H,7-10H2,1-2H3,(H,19,21). The molecule has 4 nitrogen and oxygen atoms in total. The third kappa shape index (κ3) is 5.26. The Balaban J connectivity index is 1.84. The van der Waals surface area contributed by atoms with Crippen LogP contribution in [0, 0.1) is 11.8 Å². The number of likely N-dealkylation sites (tertiary alicyclic amines) is 1. The molecule has 122 valence electrons. The van der Waals surface area contributed by atoms with Crippen molar-refractivity contribution in [2.24, 2.45) is 11.8 Å². The fourth-order valence-electron chi connectivity index (χ4n) is 3.04. The lowest BCUT2D eigenvalue weighted by Crippen LogP contribution is -2.42. The van der Waals surface area contributed by atoms with Gasteiger partial charge in [0, 0.05) is 18.8 Å². The number of halogens is 2. The van der Waals surface area contributed by atoms with Gasteiger partial charge < -0.3 is 10.1 Å². The Morgan fingerprint density at radius 2 is 1.86 bits per heavy atom. The summed E-state index contributed by atoms with van der Waals surface area (Å²) in [7, 11) is 0. The van der Waals surface area contributed by atoms with E-state index >= 15 is 0 Å². The van der Waals surface area contributed by atoms with Gasteiger partial charge in [0.1, 0.15) is 5.75 Å². The summed E-state index contributed by atoms with van der Waals surface area (Å²) in [6, 6.07) is 5.92. The average Bonchev–Trinajstić information content (AvgIpc) is 2.39. The van der Waals surface area contributed by atoms with E-state index in [0.717, 1.165) is 13.1 Å². The van der Waals surface area contributed by atoms with Gasteiger partial charge in [-0.15, -0.1) is 0 Å². The second-order valence-corrected chi connectivity index (χ2v) is 6.09. The third-order valence-electron chi connectivity index (χ3n) is 3.67. The lowest BCUT2D eigenvalue weighted by atomic mass is 9.92. The van der Waals surface area contributed by atoms with Crippen LogP contribution in [0.15, 0.2) is 24.3 Å². The van der Waals surface area contributed by atoms with Gasteiger partial charge in [-0.05, 0) is 42.5 Å². The van der Waals surface area contributed by atoms with Crippen LogP contribution < -0.4 is 10.1 Å². The quantitative estimate of drug-likeness (QED) is 0.908. The molecule has 0 aliphatic carbocycles.